The molecule has 0 fully saturated rings. The molecular formula is C10H16F3N5O. The number of nitrogens with one attached hydrogen (secondary N) is 1. The fourth-order valence-electron chi connectivity index (χ4n) is 1.31. The molecule has 108 valence electrons. The quantitative estimate of drug-likeness (QED) is 0.828. The van der Waals surface area contributed by atoms with Crippen LogP contribution in [0.3, 0.4) is 0 Å². The van der Waals surface area contributed by atoms with Crippen molar-refractivity contribution in [2.24, 2.45) is 0 Å². The summed E-state index contributed by atoms with van der Waals surface area (Å²) >= 11 is 0. The van der Waals surface area contributed by atoms with Gasteiger partial charge in [0.1, 0.15) is 0 Å². The van der Waals surface area contributed by atoms with Gasteiger partial charge in [-0.2, -0.15) is 28.1 Å². The Labute approximate surface area is 108 Å². The number of alkyl halides is 3. The number of halogens is 3. The van der Waals surface area contributed by atoms with Crippen molar-refractivity contribution in [3.63, 3.8) is 0 Å². The summed E-state index contributed by atoms with van der Waals surface area (Å²) in [6.45, 7) is 3.66. The zero-order valence-corrected chi connectivity index (χ0v) is 10.7. The highest BCUT2D eigenvalue weighted by molar-refractivity contribution is 5.33. The lowest BCUT2D eigenvalue weighted by atomic mass is 10.2. The molecule has 0 saturated heterocycles. The smallest absolute Gasteiger partial charge is 0.391 e. The van der Waals surface area contributed by atoms with E-state index in [0.29, 0.717) is 6.61 Å². The molecule has 1 aromatic rings. The fourth-order valence-corrected chi connectivity index (χ4v) is 1.31. The number of rotatable bonds is 6. The first kappa shape index (κ1) is 15.3. The third-order valence-electron chi connectivity index (χ3n) is 1.98. The molecule has 1 heterocycles. The van der Waals surface area contributed by atoms with Crippen LogP contribution in [0.15, 0.2) is 0 Å². The molecule has 0 aromatic carbocycles. The average Bonchev–Trinajstić information content (AvgIpc) is 2.22. The van der Waals surface area contributed by atoms with Crippen LogP contribution in [0.5, 0.6) is 6.01 Å². The van der Waals surface area contributed by atoms with Crippen LogP contribution in [0.2, 0.25) is 0 Å². The van der Waals surface area contributed by atoms with E-state index < -0.39 is 18.6 Å². The second kappa shape index (κ2) is 6.39. The molecule has 0 saturated carbocycles. The molecule has 6 nitrogen and oxygen atoms in total. The highest BCUT2D eigenvalue weighted by Gasteiger charge is 2.30. The van der Waals surface area contributed by atoms with Gasteiger partial charge in [-0.05, 0) is 13.3 Å². The Kier molecular flexibility index (Phi) is 5.13. The third-order valence-corrected chi connectivity index (χ3v) is 1.98. The topological polar surface area (TPSA) is 86.0 Å². The molecule has 0 aliphatic carbocycles. The van der Waals surface area contributed by atoms with E-state index in [9.17, 15) is 13.2 Å². The van der Waals surface area contributed by atoms with Gasteiger partial charge in [-0.1, -0.05) is 6.92 Å². The molecule has 1 unspecified atom stereocenters. The largest absolute Gasteiger partial charge is 0.463 e. The zero-order chi connectivity index (χ0) is 14.5. The second-order valence-electron chi connectivity index (χ2n) is 4.01. The molecule has 0 radical (unpaired) electrons. The summed E-state index contributed by atoms with van der Waals surface area (Å²) in [5, 5.41) is 2.51. The number of hydrogen-bond acceptors (Lipinski definition) is 6. The SMILES string of the molecule is CCCOc1nc(N)nc(NC(C)CC(F)(F)F)n1. The molecule has 0 spiro atoms. The van der Waals surface area contributed by atoms with Crippen LogP contribution in [0.25, 0.3) is 0 Å². The highest BCUT2D eigenvalue weighted by atomic mass is 19.4. The Morgan fingerprint density at radius 3 is 2.58 bits per heavy atom. The van der Waals surface area contributed by atoms with E-state index in [4.69, 9.17) is 10.5 Å². The fraction of sp³-hybridized carbons (Fsp3) is 0.700. The van der Waals surface area contributed by atoms with E-state index in [1.54, 1.807) is 0 Å². The molecule has 19 heavy (non-hydrogen) atoms. The van der Waals surface area contributed by atoms with Gasteiger partial charge in [0.2, 0.25) is 11.9 Å². The highest BCUT2D eigenvalue weighted by Crippen LogP contribution is 2.22. The lowest BCUT2D eigenvalue weighted by Gasteiger charge is -2.16. The van der Waals surface area contributed by atoms with Crippen molar-refractivity contribution in [3.05, 3.63) is 0 Å². The molecule has 0 amide bonds. The van der Waals surface area contributed by atoms with Gasteiger partial charge in [-0.3, -0.25) is 0 Å². The van der Waals surface area contributed by atoms with Gasteiger partial charge in [0.05, 0.1) is 13.0 Å². The third kappa shape index (κ3) is 6.07. The van der Waals surface area contributed by atoms with Gasteiger partial charge < -0.3 is 15.8 Å². The van der Waals surface area contributed by atoms with Crippen molar-refractivity contribution in [2.45, 2.75) is 38.9 Å². The van der Waals surface area contributed by atoms with E-state index in [1.165, 1.54) is 6.92 Å². The molecule has 0 aliphatic heterocycles. The van der Waals surface area contributed by atoms with Crippen molar-refractivity contribution in [1.82, 2.24) is 15.0 Å². The molecule has 1 rings (SSSR count). The molecule has 9 heteroatoms. The lowest BCUT2D eigenvalue weighted by molar-refractivity contribution is -0.136. The molecule has 3 N–H and O–H groups in total. The van der Waals surface area contributed by atoms with Crippen molar-refractivity contribution >= 4 is 11.9 Å². The van der Waals surface area contributed by atoms with Gasteiger partial charge in [-0.25, -0.2) is 0 Å². The van der Waals surface area contributed by atoms with Gasteiger partial charge in [0.25, 0.3) is 0 Å². The minimum Gasteiger partial charge on any atom is -0.463 e. The standard InChI is InChI=1S/C10H16F3N5O/c1-3-4-19-9-17-7(14)16-8(18-9)15-6(2)5-10(11,12)13/h6H,3-5H2,1-2H3,(H3,14,15,16,17,18). The minimum absolute atomic E-state index is 0.00365. The maximum Gasteiger partial charge on any atom is 0.391 e. The van der Waals surface area contributed by atoms with Crippen molar-refractivity contribution in [1.29, 1.82) is 0 Å². The van der Waals surface area contributed by atoms with Gasteiger partial charge in [0.15, 0.2) is 0 Å². The Bertz CT molecular complexity index is 413. The predicted molar refractivity (Wildman–Crippen MR) is 63.8 cm³/mol. The summed E-state index contributed by atoms with van der Waals surface area (Å²) in [5.74, 6) is -0.141. The molecule has 1 atom stereocenters. The Morgan fingerprint density at radius 1 is 1.32 bits per heavy atom. The van der Waals surface area contributed by atoms with E-state index in [2.05, 4.69) is 20.3 Å². The summed E-state index contributed by atoms with van der Waals surface area (Å²) < 4.78 is 41.7. The lowest BCUT2D eigenvalue weighted by Crippen LogP contribution is -2.25. The summed E-state index contributed by atoms with van der Waals surface area (Å²) in [6.07, 6.45) is -4.50. The van der Waals surface area contributed by atoms with Crippen molar-refractivity contribution < 1.29 is 17.9 Å². The maximum atomic E-state index is 12.2. The number of aromatic nitrogens is 3. The Morgan fingerprint density at radius 2 is 2.00 bits per heavy atom. The van der Waals surface area contributed by atoms with Crippen LogP contribution >= 0.6 is 0 Å². The number of nitrogens with two attached hydrogens (primary N) is 1. The Hall–Kier alpha value is -1.80. The van der Waals surface area contributed by atoms with Crippen LogP contribution in [0.1, 0.15) is 26.7 Å². The van der Waals surface area contributed by atoms with Crippen molar-refractivity contribution in [3.8, 4) is 6.01 Å². The van der Waals surface area contributed by atoms with Gasteiger partial charge >= 0.3 is 12.2 Å². The maximum absolute atomic E-state index is 12.2. The first-order chi connectivity index (χ1) is 8.80. The number of ether oxygens (including phenoxy) is 1. The van der Waals surface area contributed by atoms with Gasteiger partial charge in [-0.15, -0.1) is 0 Å². The second-order valence-corrected chi connectivity index (χ2v) is 4.01. The first-order valence-corrected chi connectivity index (χ1v) is 5.77. The molecular weight excluding hydrogens is 263 g/mol. The van der Waals surface area contributed by atoms with E-state index in [0.717, 1.165) is 6.42 Å². The molecule has 0 bridgehead atoms. The van der Waals surface area contributed by atoms with Gasteiger partial charge in [0, 0.05) is 6.04 Å². The Balaban J connectivity index is 2.69. The zero-order valence-electron chi connectivity index (χ0n) is 10.7. The average molecular weight is 279 g/mol. The van der Waals surface area contributed by atoms with E-state index in [-0.39, 0.29) is 17.9 Å². The van der Waals surface area contributed by atoms with Crippen LogP contribution in [0, 0.1) is 0 Å². The predicted octanol–water partition coefficient (Wildman–Crippen LogP) is 2.00. The normalized spacial score (nSPS) is 13.1. The summed E-state index contributed by atoms with van der Waals surface area (Å²) in [7, 11) is 0. The summed E-state index contributed by atoms with van der Waals surface area (Å²) in [6, 6.07) is -0.878. The number of anilines is 2. The number of hydrogen-bond donors (Lipinski definition) is 2. The van der Waals surface area contributed by atoms with Crippen LogP contribution < -0.4 is 15.8 Å². The van der Waals surface area contributed by atoms with E-state index in [1.807, 2.05) is 6.92 Å². The van der Waals surface area contributed by atoms with Crippen LogP contribution in [0.4, 0.5) is 25.1 Å². The molecule has 0 aliphatic rings. The molecule has 1 aromatic heterocycles. The van der Waals surface area contributed by atoms with Crippen LogP contribution in [-0.2, 0) is 0 Å². The minimum atomic E-state index is -4.26. The van der Waals surface area contributed by atoms with E-state index >= 15 is 0 Å². The number of nitrogens with zero attached hydrogens (tertiary/aromatic N) is 3. The number of nitrogen functional groups attached to an aromatic ring is 1. The first-order valence-electron chi connectivity index (χ1n) is 5.77. The summed E-state index contributed by atoms with van der Waals surface area (Å²) in [4.78, 5) is 11.3. The van der Waals surface area contributed by atoms with Crippen LogP contribution in [-0.4, -0.2) is 33.8 Å². The van der Waals surface area contributed by atoms with Crippen molar-refractivity contribution in [2.75, 3.05) is 17.7 Å². The monoisotopic (exact) mass is 279 g/mol. The summed E-state index contributed by atoms with van der Waals surface area (Å²) in [5.41, 5.74) is 5.43.